The molecule has 194 valence electrons. The smallest absolute Gasteiger partial charge is 0.338 e. The zero-order chi connectivity index (χ0) is 27.5. The lowest BCUT2D eigenvalue weighted by atomic mass is 9.92. The molecule has 1 heterocycles. The van der Waals surface area contributed by atoms with Crippen molar-refractivity contribution in [2.45, 2.75) is 13.3 Å². The van der Waals surface area contributed by atoms with Crippen molar-refractivity contribution in [3.8, 4) is 0 Å². The van der Waals surface area contributed by atoms with Gasteiger partial charge in [0.15, 0.2) is 0 Å². The van der Waals surface area contributed by atoms with Gasteiger partial charge in [-0.05, 0) is 70.8 Å². The molecule has 8 heteroatoms. The number of nitrogens with one attached hydrogen (secondary N) is 1. The van der Waals surface area contributed by atoms with Crippen molar-refractivity contribution in [1.29, 1.82) is 0 Å². The Balaban J connectivity index is 1.58. The third-order valence-corrected chi connectivity index (χ3v) is 6.43. The maximum atomic E-state index is 14.5. The third kappa shape index (κ3) is 5.04. The van der Waals surface area contributed by atoms with Crippen molar-refractivity contribution >= 4 is 46.4 Å². The first-order chi connectivity index (χ1) is 18.9. The zero-order valence-corrected chi connectivity index (χ0v) is 20.9. The summed E-state index contributed by atoms with van der Waals surface area (Å²) < 4.78 is 19.5. The molecular weight excluding hydrogens is 499 g/mol. The topological polar surface area (TPSA) is 92.8 Å². The maximum Gasteiger partial charge on any atom is 0.338 e. The molecule has 4 aromatic carbocycles. The SMILES string of the molecule is CCOC(=O)c1ccc(N2C(=O)NC(=O)/C(=C\c3c(Cc4ccccc4F)ccc4ccccc34)C2=O)cc1. The molecular formula is C31H23FN2O5. The monoisotopic (exact) mass is 522 g/mol. The van der Waals surface area contributed by atoms with Crippen LogP contribution < -0.4 is 10.2 Å². The largest absolute Gasteiger partial charge is 0.462 e. The summed E-state index contributed by atoms with van der Waals surface area (Å²) in [5.41, 5.74) is 1.91. The van der Waals surface area contributed by atoms with E-state index >= 15 is 0 Å². The molecule has 7 nitrogen and oxygen atoms in total. The molecule has 0 radical (unpaired) electrons. The first-order valence-electron chi connectivity index (χ1n) is 12.3. The van der Waals surface area contributed by atoms with E-state index in [4.69, 9.17) is 4.74 Å². The molecule has 0 aliphatic carbocycles. The van der Waals surface area contributed by atoms with Crippen LogP contribution in [-0.2, 0) is 20.7 Å². The first kappa shape index (κ1) is 25.5. The summed E-state index contributed by atoms with van der Waals surface area (Å²) in [6.07, 6.45) is 1.67. The van der Waals surface area contributed by atoms with Gasteiger partial charge in [0, 0.05) is 6.42 Å². The number of ether oxygens (including phenoxy) is 1. The molecule has 39 heavy (non-hydrogen) atoms. The van der Waals surface area contributed by atoms with E-state index in [2.05, 4.69) is 5.32 Å². The van der Waals surface area contributed by atoms with Crippen molar-refractivity contribution in [2.24, 2.45) is 0 Å². The Hall–Kier alpha value is -5.11. The summed E-state index contributed by atoms with van der Waals surface area (Å²) in [4.78, 5) is 52.0. The summed E-state index contributed by atoms with van der Waals surface area (Å²) in [7, 11) is 0. The number of urea groups is 1. The zero-order valence-electron chi connectivity index (χ0n) is 20.9. The minimum absolute atomic E-state index is 0.174. The van der Waals surface area contributed by atoms with E-state index in [0.717, 1.165) is 15.7 Å². The number of hydrogen-bond donors (Lipinski definition) is 1. The molecule has 5 rings (SSSR count). The number of anilines is 1. The van der Waals surface area contributed by atoms with E-state index in [1.165, 1.54) is 36.4 Å². The number of rotatable bonds is 6. The number of benzene rings is 4. The van der Waals surface area contributed by atoms with Crippen LogP contribution in [0.3, 0.4) is 0 Å². The fourth-order valence-electron chi connectivity index (χ4n) is 4.51. The van der Waals surface area contributed by atoms with Crippen LogP contribution in [-0.4, -0.2) is 30.4 Å². The third-order valence-electron chi connectivity index (χ3n) is 6.43. The lowest BCUT2D eigenvalue weighted by Crippen LogP contribution is -2.54. The van der Waals surface area contributed by atoms with Crippen LogP contribution in [0.1, 0.15) is 34.0 Å². The average molecular weight is 523 g/mol. The van der Waals surface area contributed by atoms with Gasteiger partial charge in [-0.1, -0.05) is 54.6 Å². The number of esters is 1. The van der Waals surface area contributed by atoms with Gasteiger partial charge in [0.2, 0.25) is 0 Å². The molecule has 1 aliphatic heterocycles. The minimum atomic E-state index is -0.907. The lowest BCUT2D eigenvalue weighted by molar-refractivity contribution is -0.122. The lowest BCUT2D eigenvalue weighted by Gasteiger charge is -2.26. The Kier molecular flexibility index (Phi) is 7.01. The second kappa shape index (κ2) is 10.7. The summed E-state index contributed by atoms with van der Waals surface area (Å²) in [6.45, 7) is 1.89. The quantitative estimate of drug-likeness (QED) is 0.208. The van der Waals surface area contributed by atoms with Crippen LogP contribution in [0, 0.1) is 5.82 Å². The standard InChI is InChI=1S/C31H23FN2O5/c1-2-39-30(37)20-13-15-23(16-14-20)34-29(36)26(28(35)33-31(34)38)18-25-21(17-22-8-4-6-10-27(22)32)12-11-19-7-3-5-9-24(19)25/h3-16,18H,2,17H2,1H3,(H,33,35,38)/b26-18+. The number of hydrogen-bond acceptors (Lipinski definition) is 5. The second-order valence-corrected chi connectivity index (χ2v) is 8.85. The molecule has 0 atom stereocenters. The molecule has 0 bridgehead atoms. The normalized spacial score (nSPS) is 14.6. The molecule has 4 amide bonds. The van der Waals surface area contributed by atoms with Crippen LogP contribution in [0.4, 0.5) is 14.9 Å². The Morgan fingerprint density at radius 2 is 1.62 bits per heavy atom. The molecule has 1 aliphatic rings. The van der Waals surface area contributed by atoms with Crippen LogP contribution >= 0.6 is 0 Å². The highest BCUT2D eigenvalue weighted by Crippen LogP contribution is 2.29. The summed E-state index contributed by atoms with van der Waals surface area (Å²) in [6, 6.07) is 22.4. The number of amides is 4. The number of carbonyl (C=O) groups is 4. The van der Waals surface area contributed by atoms with Gasteiger partial charge in [0.05, 0.1) is 17.9 Å². The summed E-state index contributed by atoms with van der Waals surface area (Å²) in [5.74, 6) is -2.56. The molecule has 4 aromatic rings. The number of carbonyl (C=O) groups excluding carboxylic acids is 4. The second-order valence-electron chi connectivity index (χ2n) is 8.85. The number of nitrogens with zero attached hydrogens (tertiary/aromatic N) is 1. The van der Waals surface area contributed by atoms with Crippen LogP contribution in [0.5, 0.6) is 0 Å². The Morgan fingerprint density at radius 3 is 2.36 bits per heavy atom. The van der Waals surface area contributed by atoms with Gasteiger partial charge in [-0.2, -0.15) is 0 Å². The molecule has 1 N–H and O–H groups in total. The van der Waals surface area contributed by atoms with Gasteiger partial charge < -0.3 is 4.74 Å². The summed E-state index contributed by atoms with van der Waals surface area (Å²) in [5, 5.41) is 3.85. The highest BCUT2D eigenvalue weighted by Gasteiger charge is 2.37. The predicted molar refractivity (Wildman–Crippen MR) is 145 cm³/mol. The van der Waals surface area contributed by atoms with E-state index in [9.17, 15) is 23.6 Å². The van der Waals surface area contributed by atoms with Crippen molar-refractivity contribution in [2.75, 3.05) is 11.5 Å². The molecule has 1 saturated heterocycles. The van der Waals surface area contributed by atoms with Crippen LogP contribution in [0.2, 0.25) is 0 Å². The van der Waals surface area contributed by atoms with Gasteiger partial charge in [-0.3, -0.25) is 14.9 Å². The van der Waals surface area contributed by atoms with Gasteiger partial charge in [-0.25, -0.2) is 18.9 Å². The van der Waals surface area contributed by atoms with Gasteiger partial charge in [0.1, 0.15) is 11.4 Å². The first-order valence-corrected chi connectivity index (χ1v) is 12.3. The van der Waals surface area contributed by atoms with E-state index in [0.29, 0.717) is 16.7 Å². The van der Waals surface area contributed by atoms with Crippen molar-refractivity contribution < 1.29 is 28.3 Å². The Morgan fingerprint density at radius 1 is 0.897 bits per heavy atom. The maximum absolute atomic E-state index is 14.5. The fraction of sp³-hybridized carbons (Fsp3) is 0.0968. The number of barbiturate groups is 1. The molecule has 0 aromatic heterocycles. The van der Waals surface area contributed by atoms with E-state index in [1.54, 1.807) is 25.1 Å². The number of fused-ring (bicyclic) bond motifs is 1. The van der Waals surface area contributed by atoms with E-state index in [1.807, 2.05) is 36.4 Å². The highest BCUT2D eigenvalue weighted by molar-refractivity contribution is 6.39. The van der Waals surface area contributed by atoms with Crippen LogP contribution in [0.15, 0.2) is 90.5 Å². The molecule has 0 saturated carbocycles. The predicted octanol–water partition coefficient (Wildman–Crippen LogP) is 5.41. The number of imide groups is 2. The summed E-state index contributed by atoms with van der Waals surface area (Å²) >= 11 is 0. The van der Waals surface area contributed by atoms with Crippen molar-refractivity contribution in [3.63, 3.8) is 0 Å². The average Bonchev–Trinajstić information content (AvgIpc) is 2.93. The van der Waals surface area contributed by atoms with Gasteiger partial charge in [0.25, 0.3) is 11.8 Å². The molecule has 0 spiro atoms. The van der Waals surface area contributed by atoms with Crippen LogP contribution in [0.25, 0.3) is 16.8 Å². The Bertz CT molecular complexity index is 1660. The highest BCUT2D eigenvalue weighted by atomic mass is 19.1. The Labute approximate surface area is 223 Å². The van der Waals surface area contributed by atoms with E-state index < -0.39 is 23.8 Å². The van der Waals surface area contributed by atoms with E-state index in [-0.39, 0.29) is 35.7 Å². The molecule has 0 unspecified atom stereocenters. The minimum Gasteiger partial charge on any atom is -0.462 e. The van der Waals surface area contributed by atoms with Crippen molar-refractivity contribution in [3.05, 3.63) is 119 Å². The fourth-order valence-corrected chi connectivity index (χ4v) is 4.51. The number of halogens is 1. The van der Waals surface area contributed by atoms with Crippen molar-refractivity contribution in [1.82, 2.24) is 5.32 Å². The van der Waals surface area contributed by atoms with Gasteiger partial charge >= 0.3 is 12.0 Å². The molecule has 1 fully saturated rings. The van der Waals surface area contributed by atoms with Gasteiger partial charge in [-0.15, -0.1) is 0 Å².